The number of nitrogens with one attached hydrogen (secondary N) is 1. The van der Waals surface area contributed by atoms with Crippen LogP contribution < -0.4 is 0 Å². The Kier molecular flexibility index (Phi) is 6.42. The number of carbonyl (C=O) groups excluding carboxylic acids is 5. The first-order valence-corrected chi connectivity index (χ1v) is 10.2. The van der Waals surface area contributed by atoms with E-state index in [4.69, 9.17) is 9.47 Å². The number of nitrogens with zero attached hydrogens (tertiary/aromatic N) is 1. The molecule has 0 aromatic carbocycles. The fraction of sp³-hybridized carbons (Fsp3) is 0.500. The zero-order valence-corrected chi connectivity index (χ0v) is 18.0. The Balaban J connectivity index is 1.59. The maximum absolute atomic E-state index is 12.7. The Bertz CT molecular complexity index is 949. The van der Waals surface area contributed by atoms with Crippen LogP contribution in [-0.4, -0.2) is 59.2 Å². The minimum atomic E-state index is -1.11. The second kappa shape index (κ2) is 8.87. The molecule has 2 heterocycles. The average molecular weight is 430 g/mol. The number of aryl methyl sites for hydroxylation is 1. The zero-order chi connectivity index (χ0) is 22.9. The van der Waals surface area contributed by atoms with E-state index < -0.39 is 23.8 Å². The number of esters is 2. The fourth-order valence-electron chi connectivity index (χ4n) is 4.21. The van der Waals surface area contributed by atoms with E-state index in [1.54, 1.807) is 13.8 Å². The number of methoxy groups -OCH3 is 1. The summed E-state index contributed by atoms with van der Waals surface area (Å²) < 4.78 is 9.95. The van der Waals surface area contributed by atoms with E-state index in [1.807, 2.05) is 12.2 Å². The van der Waals surface area contributed by atoms with Gasteiger partial charge in [0.25, 0.3) is 0 Å². The Morgan fingerprint density at radius 3 is 2.26 bits per heavy atom. The van der Waals surface area contributed by atoms with E-state index in [1.165, 1.54) is 14.0 Å². The molecular formula is C22H26N2O7. The molecule has 0 bridgehead atoms. The van der Waals surface area contributed by atoms with Gasteiger partial charge >= 0.3 is 11.9 Å². The van der Waals surface area contributed by atoms with Gasteiger partial charge < -0.3 is 14.5 Å². The lowest BCUT2D eigenvalue weighted by Gasteiger charge is -2.16. The highest BCUT2D eigenvalue weighted by atomic mass is 16.5. The molecule has 2 aliphatic rings. The number of rotatable bonds is 7. The summed E-state index contributed by atoms with van der Waals surface area (Å²) in [6, 6.07) is 0. The Morgan fingerprint density at radius 1 is 1.13 bits per heavy atom. The topological polar surface area (TPSA) is 123 Å². The number of likely N-dealkylation sites (tertiary alicyclic amines) is 1. The number of carbonyl (C=O) groups is 5. The number of ether oxygens (including phenoxy) is 2. The molecule has 0 radical (unpaired) electrons. The van der Waals surface area contributed by atoms with Gasteiger partial charge in [-0.2, -0.15) is 0 Å². The van der Waals surface area contributed by atoms with Crippen molar-refractivity contribution >= 4 is 29.5 Å². The molecule has 0 saturated carbocycles. The number of ketones is 1. The third-order valence-corrected chi connectivity index (χ3v) is 5.89. The van der Waals surface area contributed by atoms with E-state index in [9.17, 15) is 24.0 Å². The summed E-state index contributed by atoms with van der Waals surface area (Å²) in [6.45, 7) is 4.61. The minimum Gasteiger partial charge on any atom is -0.465 e. The van der Waals surface area contributed by atoms with Crippen molar-refractivity contribution in [2.24, 2.45) is 11.8 Å². The van der Waals surface area contributed by atoms with Gasteiger partial charge in [0.15, 0.2) is 6.10 Å². The number of imide groups is 1. The van der Waals surface area contributed by atoms with Crippen LogP contribution in [-0.2, 0) is 23.9 Å². The average Bonchev–Trinajstić information content (AvgIpc) is 3.18. The van der Waals surface area contributed by atoms with Gasteiger partial charge in [0.2, 0.25) is 17.6 Å². The number of hydrogen-bond donors (Lipinski definition) is 1. The molecule has 1 aromatic heterocycles. The van der Waals surface area contributed by atoms with Gasteiger partial charge in [0.1, 0.15) is 0 Å². The van der Waals surface area contributed by atoms with E-state index in [-0.39, 0.29) is 47.9 Å². The highest BCUT2D eigenvalue weighted by Crippen LogP contribution is 2.35. The molecule has 3 atom stereocenters. The van der Waals surface area contributed by atoms with Gasteiger partial charge in [-0.1, -0.05) is 12.2 Å². The van der Waals surface area contributed by atoms with Crippen LogP contribution in [0.15, 0.2) is 12.2 Å². The maximum Gasteiger partial charge on any atom is 0.339 e. The zero-order valence-electron chi connectivity index (χ0n) is 18.0. The van der Waals surface area contributed by atoms with Crippen LogP contribution in [0.25, 0.3) is 0 Å². The smallest absolute Gasteiger partial charge is 0.339 e. The molecule has 3 unspecified atom stereocenters. The molecule has 1 aromatic rings. The second-order valence-electron chi connectivity index (χ2n) is 7.85. The predicted molar refractivity (Wildman–Crippen MR) is 108 cm³/mol. The summed E-state index contributed by atoms with van der Waals surface area (Å²) in [7, 11) is 1.25. The number of H-pyrrole nitrogens is 1. The quantitative estimate of drug-likeness (QED) is 0.303. The summed E-state index contributed by atoms with van der Waals surface area (Å²) in [5.74, 6) is -2.97. The van der Waals surface area contributed by atoms with Crippen LogP contribution in [0.3, 0.4) is 0 Å². The number of amides is 2. The first-order chi connectivity index (χ1) is 14.7. The summed E-state index contributed by atoms with van der Waals surface area (Å²) >= 11 is 0. The minimum absolute atomic E-state index is 0.0719. The van der Waals surface area contributed by atoms with Crippen LogP contribution in [0, 0.1) is 25.7 Å². The van der Waals surface area contributed by atoms with Crippen molar-refractivity contribution in [3.8, 4) is 0 Å². The number of Topliss-reactive ketones (excluding diaryl/α,β-unsaturated/α-hetero) is 1. The predicted octanol–water partition coefficient (Wildman–Crippen LogP) is 1.87. The normalized spacial score (nSPS) is 21.1. The summed E-state index contributed by atoms with van der Waals surface area (Å²) in [5, 5.41) is 0. The number of aromatic amines is 1. The first-order valence-electron chi connectivity index (χ1n) is 10.2. The molecule has 1 fully saturated rings. The van der Waals surface area contributed by atoms with Gasteiger partial charge in [-0.05, 0) is 39.2 Å². The van der Waals surface area contributed by atoms with E-state index >= 15 is 0 Å². The van der Waals surface area contributed by atoms with Gasteiger partial charge in [-0.3, -0.25) is 24.1 Å². The molecule has 0 spiro atoms. The molecule has 3 rings (SSSR count). The van der Waals surface area contributed by atoms with Crippen molar-refractivity contribution in [3.05, 3.63) is 34.7 Å². The fourth-order valence-corrected chi connectivity index (χ4v) is 4.21. The number of allylic oxidation sites excluding steroid dienone is 2. The molecule has 31 heavy (non-hydrogen) atoms. The second-order valence-corrected chi connectivity index (χ2v) is 7.85. The van der Waals surface area contributed by atoms with Crippen LogP contribution in [0.4, 0.5) is 0 Å². The number of aromatic nitrogens is 1. The molecule has 1 aliphatic carbocycles. The Hall–Kier alpha value is -3.23. The summed E-state index contributed by atoms with van der Waals surface area (Å²) in [4.78, 5) is 65.8. The van der Waals surface area contributed by atoms with Crippen molar-refractivity contribution in [1.82, 2.24) is 9.88 Å². The monoisotopic (exact) mass is 430 g/mol. The lowest BCUT2D eigenvalue weighted by Crippen LogP contribution is -2.34. The molecule has 166 valence electrons. The van der Waals surface area contributed by atoms with E-state index in [2.05, 4.69) is 4.98 Å². The first kappa shape index (κ1) is 22.5. The summed E-state index contributed by atoms with van der Waals surface area (Å²) in [6.07, 6.45) is 3.55. The van der Waals surface area contributed by atoms with Crippen molar-refractivity contribution in [2.75, 3.05) is 13.7 Å². The van der Waals surface area contributed by atoms with E-state index in [0.29, 0.717) is 24.1 Å². The van der Waals surface area contributed by atoms with Crippen molar-refractivity contribution < 1.29 is 33.4 Å². The SMILES string of the molecule is COC(=O)c1c(C)[nH]c(C(=O)C(C)OC(=O)CCN2C(=O)C3CC=CCC3C2=O)c1C. The van der Waals surface area contributed by atoms with E-state index in [0.717, 1.165) is 4.90 Å². The molecule has 1 aliphatic heterocycles. The van der Waals surface area contributed by atoms with Crippen LogP contribution in [0.1, 0.15) is 58.3 Å². The number of fused-ring (bicyclic) bond motifs is 1. The largest absolute Gasteiger partial charge is 0.465 e. The Morgan fingerprint density at radius 2 is 1.71 bits per heavy atom. The van der Waals surface area contributed by atoms with Gasteiger partial charge in [-0.25, -0.2) is 4.79 Å². The molecule has 1 saturated heterocycles. The molecular weight excluding hydrogens is 404 g/mol. The third kappa shape index (κ3) is 4.17. The molecule has 9 heteroatoms. The standard InChI is InChI=1S/C22H26N2O7/c1-11-17(22(29)30-4)12(2)23-18(11)19(26)13(3)31-16(25)9-10-24-20(27)14-7-5-6-8-15(14)21(24)28/h5-6,13-15,23H,7-10H2,1-4H3. The van der Waals surface area contributed by atoms with Gasteiger partial charge in [-0.15, -0.1) is 0 Å². The van der Waals surface area contributed by atoms with Crippen LogP contribution >= 0.6 is 0 Å². The third-order valence-electron chi connectivity index (χ3n) is 5.89. The van der Waals surface area contributed by atoms with Gasteiger partial charge in [0, 0.05) is 12.2 Å². The highest BCUT2D eigenvalue weighted by Gasteiger charge is 2.47. The molecule has 1 N–H and O–H groups in total. The molecule has 9 nitrogen and oxygen atoms in total. The van der Waals surface area contributed by atoms with Crippen LogP contribution in [0.5, 0.6) is 0 Å². The molecule has 2 amide bonds. The lowest BCUT2D eigenvalue weighted by molar-refractivity contribution is -0.147. The maximum atomic E-state index is 12.7. The highest BCUT2D eigenvalue weighted by molar-refractivity contribution is 6.06. The van der Waals surface area contributed by atoms with Gasteiger partial charge in [0.05, 0.1) is 36.6 Å². The van der Waals surface area contributed by atoms with Crippen LogP contribution in [0.2, 0.25) is 0 Å². The lowest BCUT2D eigenvalue weighted by atomic mass is 9.85. The summed E-state index contributed by atoms with van der Waals surface area (Å²) in [5.41, 5.74) is 1.33. The van der Waals surface area contributed by atoms with Crippen molar-refractivity contribution in [1.29, 1.82) is 0 Å². The Labute approximate surface area is 179 Å². The van der Waals surface area contributed by atoms with Crippen molar-refractivity contribution in [2.45, 2.75) is 46.1 Å². The number of hydrogen-bond acceptors (Lipinski definition) is 7. The van der Waals surface area contributed by atoms with Crippen molar-refractivity contribution in [3.63, 3.8) is 0 Å².